The third kappa shape index (κ3) is 4.94. The lowest BCUT2D eigenvalue weighted by Gasteiger charge is -2.29. The Labute approximate surface area is 105 Å². The fourth-order valence-corrected chi connectivity index (χ4v) is 4.42. The van der Waals surface area contributed by atoms with E-state index in [0.29, 0.717) is 19.1 Å². The molecule has 1 fully saturated rings. The quantitative estimate of drug-likeness (QED) is 0.705. The van der Waals surface area contributed by atoms with Crippen molar-refractivity contribution in [2.75, 3.05) is 26.0 Å². The van der Waals surface area contributed by atoms with Crippen LogP contribution < -0.4 is 5.32 Å². The van der Waals surface area contributed by atoms with Crippen LogP contribution in [0.2, 0.25) is 0 Å². The molecule has 2 atom stereocenters. The molecule has 1 aliphatic rings. The third-order valence-electron chi connectivity index (χ3n) is 3.40. The minimum atomic E-state index is -2.93. The van der Waals surface area contributed by atoms with Gasteiger partial charge in [-0.15, -0.1) is 0 Å². The molecule has 4 nitrogen and oxygen atoms in total. The molecule has 1 aliphatic carbocycles. The fourth-order valence-electron chi connectivity index (χ4n) is 2.52. The van der Waals surface area contributed by atoms with Gasteiger partial charge in [-0.05, 0) is 32.2 Å². The number of hydrogen-bond donors (Lipinski definition) is 1. The Morgan fingerprint density at radius 1 is 1.35 bits per heavy atom. The van der Waals surface area contributed by atoms with E-state index in [9.17, 15) is 8.42 Å². The Balaban J connectivity index is 2.46. The summed E-state index contributed by atoms with van der Waals surface area (Å²) in [5, 5.41) is 3.22. The van der Waals surface area contributed by atoms with Gasteiger partial charge in [-0.3, -0.25) is 0 Å². The molecule has 1 rings (SSSR count). The van der Waals surface area contributed by atoms with Crippen molar-refractivity contribution in [3.05, 3.63) is 0 Å². The standard InChI is InChI=1S/C12H25NO3S/c1-3-13-11-6-4-7-12(10-11)17(14,15)9-5-8-16-2/h11-13H,3-10H2,1-2H3. The average molecular weight is 263 g/mol. The first kappa shape index (κ1) is 14.9. The Morgan fingerprint density at radius 2 is 2.12 bits per heavy atom. The van der Waals surface area contributed by atoms with Crippen LogP contribution in [0.4, 0.5) is 0 Å². The van der Waals surface area contributed by atoms with Gasteiger partial charge in [0.05, 0.1) is 11.0 Å². The van der Waals surface area contributed by atoms with Crippen LogP contribution in [0.1, 0.15) is 39.0 Å². The Hall–Kier alpha value is -0.130. The van der Waals surface area contributed by atoms with Crippen LogP contribution in [-0.2, 0) is 14.6 Å². The molecule has 0 aromatic carbocycles. The van der Waals surface area contributed by atoms with Gasteiger partial charge >= 0.3 is 0 Å². The van der Waals surface area contributed by atoms with Crippen LogP contribution in [0.25, 0.3) is 0 Å². The number of sulfone groups is 1. The molecular weight excluding hydrogens is 238 g/mol. The number of nitrogens with one attached hydrogen (secondary N) is 1. The van der Waals surface area contributed by atoms with Crippen molar-refractivity contribution >= 4 is 9.84 Å². The van der Waals surface area contributed by atoms with Gasteiger partial charge in [0.2, 0.25) is 0 Å². The monoisotopic (exact) mass is 263 g/mol. The normalized spacial score (nSPS) is 26.0. The first-order valence-electron chi connectivity index (χ1n) is 6.54. The van der Waals surface area contributed by atoms with Gasteiger partial charge in [-0.25, -0.2) is 8.42 Å². The van der Waals surface area contributed by atoms with E-state index in [1.165, 1.54) is 0 Å². The average Bonchev–Trinajstić information content (AvgIpc) is 2.30. The van der Waals surface area contributed by atoms with Gasteiger partial charge < -0.3 is 10.1 Å². The van der Waals surface area contributed by atoms with Crippen LogP contribution in [0.5, 0.6) is 0 Å². The van der Waals surface area contributed by atoms with Crippen molar-refractivity contribution in [2.45, 2.75) is 50.3 Å². The van der Waals surface area contributed by atoms with E-state index in [0.717, 1.165) is 32.2 Å². The van der Waals surface area contributed by atoms with Crippen molar-refractivity contribution in [1.82, 2.24) is 5.32 Å². The maximum atomic E-state index is 12.1. The lowest BCUT2D eigenvalue weighted by Crippen LogP contribution is -2.39. The largest absolute Gasteiger partial charge is 0.385 e. The molecule has 0 aromatic rings. The first-order chi connectivity index (χ1) is 8.10. The minimum Gasteiger partial charge on any atom is -0.385 e. The van der Waals surface area contributed by atoms with Gasteiger partial charge in [0, 0.05) is 19.8 Å². The van der Waals surface area contributed by atoms with E-state index in [1.807, 2.05) is 0 Å². The zero-order chi connectivity index (χ0) is 12.7. The minimum absolute atomic E-state index is 0.142. The predicted molar refractivity (Wildman–Crippen MR) is 70.0 cm³/mol. The number of rotatable bonds is 7. The van der Waals surface area contributed by atoms with Gasteiger partial charge in [0.25, 0.3) is 0 Å². The van der Waals surface area contributed by atoms with Gasteiger partial charge in [0.1, 0.15) is 0 Å². The van der Waals surface area contributed by atoms with Crippen LogP contribution in [0.3, 0.4) is 0 Å². The van der Waals surface area contributed by atoms with Crippen LogP contribution >= 0.6 is 0 Å². The topological polar surface area (TPSA) is 55.4 Å². The smallest absolute Gasteiger partial charge is 0.153 e. The summed E-state index contributed by atoms with van der Waals surface area (Å²) in [5.41, 5.74) is 0. The van der Waals surface area contributed by atoms with E-state index >= 15 is 0 Å². The van der Waals surface area contributed by atoms with E-state index in [4.69, 9.17) is 4.74 Å². The maximum Gasteiger partial charge on any atom is 0.153 e. The van der Waals surface area contributed by atoms with Gasteiger partial charge in [-0.2, -0.15) is 0 Å². The van der Waals surface area contributed by atoms with E-state index in [2.05, 4.69) is 12.2 Å². The zero-order valence-electron chi connectivity index (χ0n) is 10.9. The molecule has 5 heteroatoms. The Bertz CT molecular complexity index is 301. The highest BCUT2D eigenvalue weighted by Crippen LogP contribution is 2.25. The molecular formula is C12H25NO3S. The highest BCUT2D eigenvalue weighted by Gasteiger charge is 2.30. The van der Waals surface area contributed by atoms with E-state index in [1.54, 1.807) is 7.11 Å². The molecule has 0 spiro atoms. The summed E-state index contributed by atoms with van der Waals surface area (Å²) in [6.45, 7) is 3.51. The number of ether oxygens (including phenoxy) is 1. The second-order valence-electron chi connectivity index (χ2n) is 4.76. The summed E-state index contributed by atoms with van der Waals surface area (Å²) in [5.74, 6) is 0.268. The molecule has 0 radical (unpaired) electrons. The molecule has 0 aromatic heterocycles. The van der Waals surface area contributed by atoms with Crippen molar-refractivity contribution in [2.24, 2.45) is 0 Å². The molecule has 0 heterocycles. The summed E-state index contributed by atoms with van der Waals surface area (Å²) in [6.07, 6.45) is 4.35. The Kier molecular flexibility index (Phi) is 6.44. The molecule has 0 aliphatic heterocycles. The van der Waals surface area contributed by atoms with Crippen LogP contribution in [-0.4, -0.2) is 45.7 Å². The highest BCUT2D eigenvalue weighted by molar-refractivity contribution is 7.92. The summed E-state index contributed by atoms with van der Waals surface area (Å²) < 4.78 is 29.2. The molecule has 17 heavy (non-hydrogen) atoms. The van der Waals surface area contributed by atoms with E-state index < -0.39 is 9.84 Å². The van der Waals surface area contributed by atoms with Gasteiger partial charge in [-0.1, -0.05) is 13.3 Å². The molecule has 1 N–H and O–H groups in total. The summed E-state index contributed by atoms with van der Waals surface area (Å²) in [6, 6.07) is 0.385. The van der Waals surface area contributed by atoms with E-state index in [-0.39, 0.29) is 11.0 Å². The molecule has 0 amide bonds. The summed E-state index contributed by atoms with van der Waals surface area (Å²) >= 11 is 0. The van der Waals surface area contributed by atoms with Crippen molar-refractivity contribution in [3.63, 3.8) is 0 Å². The lowest BCUT2D eigenvalue weighted by atomic mass is 9.95. The Morgan fingerprint density at radius 3 is 2.76 bits per heavy atom. The zero-order valence-corrected chi connectivity index (χ0v) is 11.8. The van der Waals surface area contributed by atoms with Crippen LogP contribution in [0, 0.1) is 0 Å². The molecule has 1 saturated carbocycles. The SMILES string of the molecule is CCNC1CCCC(S(=O)(=O)CCCOC)C1. The molecule has 0 saturated heterocycles. The number of hydrogen-bond acceptors (Lipinski definition) is 4. The summed E-state index contributed by atoms with van der Waals surface area (Å²) in [4.78, 5) is 0. The second-order valence-corrected chi connectivity index (χ2v) is 7.16. The first-order valence-corrected chi connectivity index (χ1v) is 8.25. The fraction of sp³-hybridized carbons (Fsp3) is 1.00. The second kappa shape index (κ2) is 7.34. The number of methoxy groups -OCH3 is 1. The predicted octanol–water partition coefficient (Wildman–Crippen LogP) is 1.36. The van der Waals surface area contributed by atoms with Crippen molar-refractivity contribution in [3.8, 4) is 0 Å². The maximum absolute atomic E-state index is 12.1. The van der Waals surface area contributed by atoms with Crippen molar-refractivity contribution in [1.29, 1.82) is 0 Å². The summed E-state index contributed by atoms with van der Waals surface area (Å²) in [7, 11) is -1.32. The van der Waals surface area contributed by atoms with Crippen molar-refractivity contribution < 1.29 is 13.2 Å². The van der Waals surface area contributed by atoms with Crippen LogP contribution in [0.15, 0.2) is 0 Å². The molecule has 0 bridgehead atoms. The highest BCUT2D eigenvalue weighted by atomic mass is 32.2. The lowest BCUT2D eigenvalue weighted by molar-refractivity contribution is 0.199. The molecule has 102 valence electrons. The van der Waals surface area contributed by atoms with Gasteiger partial charge in [0.15, 0.2) is 9.84 Å². The molecule has 2 unspecified atom stereocenters. The third-order valence-corrected chi connectivity index (χ3v) is 5.71.